The van der Waals surface area contributed by atoms with Crippen molar-refractivity contribution in [3.05, 3.63) is 11.3 Å². The van der Waals surface area contributed by atoms with Gasteiger partial charge in [0.2, 0.25) is 0 Å². The van der Waals surface area contributed by atoms with E-state index in [1.807, 2.05) is 60.5 Å². The van der Waals surface area contributed by atoms with Gasteiger partial charge in [-0.1, -0.05) is 27.7 Å². The molecule has 3 fully saturated rings. The molecule has 3 saturated heterocycles. The maximum absolute atomic E-state index is 14.0. The lowest BCUT2D eigenvalue weighted by atomic mass is 9.77. The zero-order valence-electron chi connectivity index (χ0n) is 31.9. The molecule has 0 aliphatic carbocycles. The number of ketones is 1. The number of hydrogen-bond donors (Lipinski definition) is 3. The van der Waals surface area contributed by atoms with Crippen molar-refractivity contribution in [2.24, 2.45) is 23.2 Å². The fourth-order valence-electron chi connectivity index (χ4n) is 8.59. The van der Waals surface area contributed by atoms with Crippen molar-refractivity contribution in [3.8, 4) is 0 Å². The Morgan fingerprint density at radius 1 is 0.980 bits per heavy atom. The van der Waals surface area contributed by atoms with Crippen molar-refractivity contribution >= 4 is 11.8 Å². The number of carbonyl (C=O) groups excluding carboxylic acids is 2. The highest BCUT2D eigenvalue weighted by atomic mass is 16.7. The first-order chi connectivity index (χ1) is 22.5. The molecule has 4 heterocycles. The van der Waals surface area contributed by atoms with E-state index >= 15 is 0 Å². The molecule has 0 unspecified atom stereocenters. The fraction of sp³-hybridized carbons (Fsp3) is 0.892. The third-order valence-electron chi connectivity index (χ3n) is 11.6. The van der Waals surface area contributed by atoms with E-state index in [0.29, 0.717) is 25.0 Å². The molecule has 4 rings (SSSR count). The first-order valence-electron chi connectivity index (χ1n) is 18.1. The zero-order valence-corrected chi connectivity index (χ0v) is 31.9. The largest absolute Gasteiger partial charge is 0.488 e. The van der Waals surface area contributed by atoms with E-state index in [1.165, 1.54) is 6.92 Å². The van der Waals surface area contributed by atoms with Crippen LogP contribution in [-0.2, 0) is 38.0 Å². The van der Waals surface area contributed by atoms with Crippen molar-refractivity contribution in [3.63, 3.8) is 0 Å². The highest BCUT2D eigenvalue weighted by molar-refractivity contribution is 5.91. The molecular weight excluding hydrogens is 634 g/mol. The van der Waals surface area contributed by atoms with Crippen LogP contribution in [0.2, 0.25) is 0 Å². The second-order valence-corrected chi connectivity index (χ2v) is 16.6. The molecule has 4 aliphatic rings. The molecule has 2 bridgehead atoms. The van der Waals surface area contributed by atoms with Crippen LogP contribution >= 0.6 is 0 Å². The average molecular weight is 698 g/mol. The first kappa shape index (κ1) is 40.1. The zero-order chi connectivity index (χ0) is 37.0. The summed E-state index contributed by atoms with van der Waals surface area (Å²) in [5, 5.41) is 34.0. The Labute approximate surface area is 292 Å². The molecule has 0 amide bonds. The number of aliphatic hydroxyl groups excluding tert-OH is 2. The maximum Gasteiger partial charge on any atom is 0.311 e. The van der Waals surface area contributed by atoms with Crippen molar-refractivity contribution in [2.75, 3.05) is 14.1 Å². The Morgan fingerprint density at radius 2 is 1.61 bits per heavy atom. The summed E-state index contributed by atoms with van der Waals surface area (Å²) in [7, 11) is 3.81. The topological polar surface area (TPSA) is 153 Å². The van der Waals surface area contributed by atoms with Crippen LogP contribution in [0.1, 0.15) is 102 Å². The van der Waals surface area contributed by atoms with Crippen LogP contribution in [0.3, 0.4) is 0 Å². The first-order valence-corrected chi connectivity index (χ1v) is 18.1. The van der Waals surface area contributed by atoms with Gasteiger partial charge in [0.25, 0.3) is 0 Å². The van der Waals surface area contributed by atoms with Gasteiger partial charge >= 0.3 is 5.97 Å². The van der Waals surface area contributed by atoms with E-state index in [0.717, 1.165) is 5.57 Å². The highest BCUT2D eigenvalue weighted by Gasteiger charge is 2.56. The lowest BCUT2D eigenvalue weighted by Gasteiger charge is -2.48. The molecule has 12 heteroatoms. The van der Waals surface area contributed by atoms with Crippen LogP contribution in [-0.4, -0.2) is 119 Å². The van der Waals surface area contributed by atoms with Gasteiger partial charge in [0.15, 0.2) is 24.0 Å². The lowest BCUT2D eigenvalue weighted by molar-refractivity contribution is -0.311. The molecule has 0 saturated carbocycles. The molecule has 12 nitrogen and oxygen atoms in total. The number of hydrogen-bond acceptors (Lipinski definition) is 12. The van der Waals surface area contributed by atoms with Gasteiger partial charge in [-0.25, -0.2) is 0 Å². The number of ether oxygens (including phenoxy) is 6. The molecular formula is C37H63NO11. The number of esters is 1. The van der Waals surface area contributed by atoms with Gasteiger partial charge in [0, 0.05) is 24.8 Å². The summed E-state index contributed by atoms with van der Waals surface area (Å²) in [5.74, 6) is -3.08. The van der Waals surface area contributed by atoms with Crippen LogP contribution in [0.25, 0.3) is 0 Å². The second-order valence-electron chi connectivity index (χ2n) is 16.6. The van der Waals surface area contributed by atoms with Crippen molar-refractivity contribution < 1.29 is 53.3 Å². The summed E-state index contributed by atoms with van der Waals surface area (Å²) in [4.78, 5) is 29.9. The van der Waals surface area contributed by atoms with Gasteiger partial charge in [-0.3, -0.25) is 9.59 Å². The number of carbonyl (C=O) groups is 2. The summed E-state index contributed by atoms with van der Waals surface area (Å²) < 4.78 is 38.8. The molecule has 0 aromatic carbocycles. The Morgan fingerprint density at radius 3 is 2.18 bits per heavy atom. The Balaban J connectivity index is 1.84. The molecule has 4 aliphatic heterocycles. The van der Waals surface area contributed by atoms with Crippen LogP contribution in [0.4, 0.5) is 0 Å². The van der Waals surface area contributed by atoms with Gasteiger partial charge in [-0.15, -0.1) is 0 Å². The third-order valence-corrected chi connectivity index (χ3v) is 11.6. The molecule has 0 aromatic heterocycles. The van der Waals surface area contributed by atoms with E-state index in [2.05, 4.69) is 0 Å². The number of rotatable bonds is 6. The maximum atomic E-state index is 14.0. The van der Waals surface area contributed by atoms with E-state index in [1.54, 1.807) is 27.7 Å². The number of nitrogens with zero attached hydrogens (tertiary/aromatic N) is 1. The Bertz CT molecular complexity index is 1230. The Kier molecular flexibility index (Phi) is 12.1. The minimum Gasteiger partial charge on any atom is -0.488 e. The Hall–Kier alpha value is -1.64. The van der Waals surface area contributed by atoms with Gasteiger partial charge < -0.3 is 48.6 Å². The van der Waals surface area contributed by atoms with Crippen LogP contribution in [0, 0.1) is 23.2 Å². The summed E-state index contributed by atoms with van der Waals surface area (Å²) in [6, 6.07) is -0.232. The van der Waals surface area contributed by atoms with E-state index in [9.17, 15) is 24.9 Å². The predicted molar refractivity (Wildman–Crippen MR) is 181 cm³/mol. The number of fused-ring (bicyclic) bond motifs is 2. The summed E-state index contributed by atoms with van der Waals surface area (Å²) >= 11 is 0. The fourth-order valence-corrected chi connectivity index (χ4v) is 8.59. The third kappa shape index (κ3) is 7.91. The molecule has 0 spiro atoms. The summed E-state index contributed by atoms with van der Waals surface area (Å²) in [5.41, 5.74) is -2.79. The monoisotopic (exact) mass is 697 g/mol. The lowest BCUT2D eigenvalue weighted by Crippen LogP contribution is -2.59. The van der Waals surface area contributed by atoms with Crippen LogP contribution < -0.4 is 0 Å². The van der Waals surface area contributed by atoms with E-state index in [4.69, 9.17) is 28.4 Å². The summed E-state index contributed by atoms with van der Waals surface area (Å²) in [6.07, 6.45) is -5.55. The minimum absolute atomic E-state index is 0.199. The predicted octanol–water partition coefficient (Wildman–Crippen LogP) is 3.72. The van der Waals surface area contributed by atoms with Crippen LogP contribution in [0.5, 0.6) is 0 Å². The number of cyclic esters (lactones) is 1. The normalized spacial score (nSPS) is 46.8. The van der Waals surface area contributed by atoms with Gasteiger partial charge in [-0.05, 0) is 86.4 Å². The molecule has 0 aromatic rings. The van der Waals surface area contributed by atoms with Crippen molar-refractivity contribution in [1.29, 1.82) is 0 Å². The molecule has 0 radical (unpaired) electrons. The molecule has 49 heavy (non-hydrogen) atoms. The number of aliphatic hydroxyl groups is 3. The van der Waals surface area contributed by atoms with E-state index < -0.39 is 95.3 Å². The number of likely N-dealkylation sites (N-methyl/N-ethyl adjacent to an activating group) is 1. The number of Topliss-reactive ketones (excluding diaryl/α,β-unsaturated/α-hetero) is 1. The summed E-state index contributed by atoms with van der Waals surface area (Å²) in [6.45, 7) is 19.9. The average Bonchev–Trinajstić information content (AvgIpc) is 3.33. The minimum atomic E-state index is -2.00. The van der Waals surface area contributed by atoms with Crippen molar-refractivity contribution in [2.45, 2.75) is 174 Å². The van der Waals surface area contributed by atoms with E-state index in [-0.39, 0.29) is 18.6 Å². The van der Waals surface area contributed by atoms with Crippen molar-refractivity contribution in [1.82, 2.24) is 4.90 Å². The van der Waals surface area contributed by atoms with Crippen LogP contribution in [0.15, 0.2) is 11.3 Å². The molecule has 282 valence electrons. The SMILES string of the molecule is CC[C@H]1OC(=O)[C@H](C)[C@@H](O[C@H]2CC(C)(C)[C@@H](O)[C@H](C)O2)[C@H](C)[C@@H](O[C@@H]2O[C@H](C)C[C@H](N(C)C)[C@H]2O)[C@]2(C)CC(C)=C(O2)[C@H](C)C(=O)[C@]1(C)O. The van der Waals surface area contributed by atoms with Gasteiger partial charge in [0.05, 0.1) is 36.3 Å². The molecule has 15 atom stereocenters. The highest BCUT2D eigenvalue weighted by Crippen LogP contribution is 2.47. The number of allylic oxidation sites excluding steroid dienone is 1. The standard InChI is InChI=1S/C37H63NO11/c1-14-25-37(11,43)30(40)20(4)28-18(2)16-36(10,49-28)32(48-34-27(39)24(38(12)13)15-19(3)44-34)21(5)29(22(6)33(42)46-25)47-26-17-35(8,9)31(41)23(7)45-26/h19-27,29,31-32,34,39,41,43H,14-17H2,1-13H3/t19-,20+,21+,22-,23+,24+,25-,26+,27-,29+,31+,32-,34+,36+,37-/m1/s1. The quantitative estimate of drug-likeness (QED) is 0.347. The smallest absolute Gasteiger partial charge is 0.311 e. The molecule has 3 N–H and O–H groups in total. The second kappa shape index (κ2) is 14.8. The van der Waals surface area contributed by atoms with Gasteiger partial charge in [0.1, 0.15) is 29.7 Å². The van der Waals surface area contributed by atoms with Gasteiger partial charge in [-0.2, -0.15) is 0 Å².